The number of carbonyl (C=O) groups excluding carboxylic acids is 1. The van der Waals surface area contributed by atoms with Crippen LogP contribution in [0.3, 0.4) is 0 Å². The van der Waals surface area contributed by atoms with Crippen molar-refractivity contribution in [3.63, 3.8) is 0 Å². The van der Waals surface area contributed by atoms with Crippen LogP contribution in [-0.4, -0.2) is 31.4 Å². The minimum absolute atomic E-state index is 0.0666. The highest BCUT2D eigenvalue weighted by atomic mass is 35.5. The lowest BCUT2D eigenvalue weighted by Crippen LogP contribution is -2.18. The Kier molecular flexibility index (Phi) is 8.84. The molecule has 0 saturated carbocycles. The fourth-order valence-electron chi connectivity index (χ4n) is 3.21. The van der Waals surface area contributed by atoms with E-state index in [4.69, 9.17) is 37.4 Å². The highest BCUT2D eigenvalue weighted by Crippen LogP contribution is 2.39. The third kappa shape index (κ3) is 6.38. The summed E-state index contributed by atoms with van der Waals surface area (Å²) >= 11 is 11.9. The van der Waals surface area contributed by atoms with Gasteiger partial charge < -0.3 is 19.3 Å². The maximum Gasteiger partial charge on any atom is 0.272 e. The van der Waals surface area contributed by atoms with Gasteiger partial charge in [0.2, 0.25) is 5.75 Å². The molecule has 0 aliphatic carbocycles. The molecule has 0 aliphatic rings. The molecule has 35 heavy (non-hydrogen) atoms. The van der Waals surface area contributed by atoms with Crippen molar-refractivity contribution in [2.45, 2.75) is 26.4 Å². The second-order valence-electron chi connectivity index (χ2n) is 7.90. The van der Waals surface area contributed by atoms with Gasteiger partial charge in [-0.3, -0.25) is 4.79 Å². The maximum atomic E-state index is 12.4. The zero-order valence-electron chi connectivity index (χ0n) is 19.8. The summed E-state index contributed by atoms with van der Waals surface area (Å²) < 4.78 is 17.0. The molecule has 3 aromatic carbocycles. The van der Waals surface area contributed by atoms with Gasteiger partial charge in [0.1, 0.15) is 17.4 Å². The lowest BCUT2D eigenvalue weighted by atomic mass is 10.0. The number of ether oxygens (including phenoxy) is 3. The van der Waals surface area contributed by atoms with E-state index in [2.05, 4.69) is 36.5 Å². The number of nitrogens with zero attached hydrogens (tertiary/aromatic N) is 1. The topological polar surface area (TPSA) is 89.4 Å². The van der Waals surface area contributed by atoms with E-state index < -0.39 is 5.91 Å². The fourth-order valence-corrected chi connectivity index (χ4v) is 3.62. The van der Waals surface area contributed by atoms with E-state index in [-0.39, 0.29) is 21.4 Å². The van der Waals surface area contributed by atoms with Crippen molar-refractivity contribution < 1.29 is 24.1 Å². The van der Waals surface area contributed by atoms with Crippen LogP contribution in [0.15, 0.2) is 53.6 Å². The van der Waals surface area contributed by atoms with Gasteiger partial charge in [-0.2, -0.15) is 5.10 Å². The number of aromatic hydroxyl groups is 1. The summed E-state index contributed by atoms with van der Waals surface area (Å²) in [6, 6.07) is 14.3. The average molecular weight is 517 g/mol. The Balaban J connectivity index is 1.74. The van der Waals surface area contributed by atoms with Gasteiger partial charge in [0.15, 0.2) is 11.5 Å². The molecule has 9 heteroatoms. The lowest BCUT2D eigenvalue weighted by molar-refractivity contribution is 0.0955. The first-order valence-corrected chi connectivity index (χ1v) is 11.5. The molecule has 0 aliphatic heterocycles. The summed E-state index contributed by atoms with van der Waals surface area (Å²) in [6.45, 7) is 4.63. The van der Waals surface area contributed by atoms with Crippen LogP contribution in [0.5, 0.6) is 23.0 Å². The standard InChI is InChI=1S/C26H26Cl2N2O5/c1-15(2)18-7-5-16(6-8-18)14-35-25-21(33-3)11-17(12-22(25)34-4)13-29-30-26(32)19-9-10-20(31)24(28)23(19)27/h5-13,15,31H,14H2,1-4H3,(H,30,32)/b29-13+. The molecule has 0 fully saturated rings. The van der Waals surface area contributed by atoms with Crippen LogP contribution in [0.25, 0.3) is 0 Å². The number of benzene rings is 3. The monoisotopic (exact) mass is 516 g/mol. The largest absolute Gasteiger partial charge is 0.506 e. The minimum atomic E-state index is -0.587. The van der Waals surface area contributed by atoms with Gasteiger partial charge in [-0.05, 0) is 41.3 Å². The van der Waals surface area contributed by atoms with E-state index in [1.807, 2.05) is 12.1 Å². The Morgan fingerprint density at radius 1 is 1.03 bits per heavy atom. The molecule has 0 saturated heterocycles. The van der Waals surface area contributed by atoms with Crippen LogP contribution in [0.4, 0.5) is 0 Å². The number of carbonyl (C=O) groups is 1. The van der Waals surface area contributed by atoms with Crippen LogP contribution in [0, 0.1) is 0 Å². The van der Waals surface area contributed by atoms with Crippen LogP contribution in [-0.2, 0) is 6.61 Å². The Labute approximate surface area is 214 Å². The molecule has 0 unspecified atom stereocenters. The molecule has 1 amide bonds. The van der Waals surface area contributed by atoms with Crippen molar-refractivity contribution >= 4 is 35.3 Å². The first-order valence-electron chi connectivity index (χ1n) is 10.7. The summed E-state index contributed by atoms with van der Waals surface area (Å²) in [6.07, 6.45) is 1.42. The Morgan fingerprint density at radius 3 is 2.23 bits per heavy atom. The van der Waals surface area contributed by atoms with E-state index in [1.165, 1.54) is 38.1 Å². The number of hydrazone groups is 1. The third-order valence-corrected chi connectivity index (χ3v) is 6.07. The van der Waals surface area contributed by atoms with E-state index in [1.54, 1.807) is 12.1 Å². The van der Waals surface area contributed by atoms with Crippen LogP contribution < -0.4 is 19.6 Å². The van der Waals surface area contributed by atoms with Gasteiger partial charge in [0.25, 0.3) is 5.91 Å². The van der Waals surface area contributed by atoms with E-state index in [0.717, 1.165) is 5.56 Å². The fraction of sp³-hybridized carbons (Fsp3) is 0.231. The predicted molar refractivity (Wildman–Crippen MR) is 138 cm³/mol. The molecule has 0 heterocycles. The number of nitrogens with one attached hydrogen (secondary N) is 1. The molecule has 3 rings (SSSR count). The first-order chi connectivity index (χ1) is 16.7. The third-order valence-electron chi connectivity index (χ3n) is 5.20. The SMILES string of the molecule is COc1cc(/C=N/NC(=O)c2ccc(O)c(Cl)c2Cl)cc(OC)c1OCc1ccc(C(C)C)cc1. The molecular weight excluding hydrogens is 491 g/mol. The zero-order valence-corrected chi connectivity index (χ0v) is 21.3. The number of hydrogen-bond donors (Lipinski definition) is 2. The molecule has 3 aromatic rings. The van der Waals surface area contributed by atoms with Crippen molar-refractivity contribution in [3.05, 3.63) is 80.8 Å². The number of amides is 1. The molecule has 7 nitrogen and oxygen atoms in total. The normalized spacial score (nSPS) is 11.1. The Hall–Kier alpha value is -3.42. The molecule has 2 N–H and O–H groups in total. The number of hydrogen-bond acceptors (Lipinski definition) is 6. The Morgan fingerprint density at radius 2 is 1.66 bits per heavy atom. The number of halogens is 2. The van der Waals surface area contributed by atoms with Crippen LogP contribution >= 0.6 is 23.2 Å². The van der Waals surface area contributed by atoms with Crippen molar-refractivity contribution in [1.82, 2.24) is 5.43 Å². The lowest BCUT2D eigenvalue weighted by Gasteiger charge is -2.15. The average Bonchev–Trinajstić information content (AvgIpc) is 2.86. The molecule has 184 valence electrons. The van der Waals surface area contributed by atoms with Crippen LogP contribution in [0.1, 0.15) is 46.8 Å². The molecule has 0 spiro atoms. The summed E-state index contributed by atoms with van der Waals surface area (Å²) in [5, 5.41) is 13.4. The first kappa shape index (κ1) is 26.2. The molecule has 0 radical (unpaired) electrons. The second kappa shape index (κ2) is 11.8. The summed E-state index contributed by atoms with van der Waals surface area (Å²) in [5.41, 5.74) is 5.33. The molecule has 0 atom stereocenters. The predicted octanol–water partition coefficient (Wildman–Crippen LogP) is 6.18. The summed E-state index contributed by atoms with van der Waals surface area (Å²) in [7, 11) is 3.05. The van der Waals surface area contributed by atoms with Gasteiger partial charge >= 0.3 is 0 Å². The highest BCUT2D eigenvalue weighted by Gasteiger charge is 2.16. The second-order valence-corrected chi connectivity index (χ2v) is 8.65. The van der Waals surface area contributed by atoms with Crippen LogP contribution in [0.2, 0.25) is 10.0 Å². The highest BCUT2D eigenvalue weighted by molar-refractivity contribution is 6.44. The van der Waals surface area contributed by atoms with Gasteiger partial charge in [-0.15, -0.1) is 0 Å². The summed E-state index contributed by atoms with van der Waals surface area (Å²) in [5.74, 6) is 1.00. The Bertz CT molecular complexity index is 1200. The van der Waals surface area contributed by atoms with E-state index >= 15 is 0 Å². The molecule has 0 aromatic heterocycles. The van der Waals surface area contributed by atoms with Gasteiger partial charge in [-0.1, -0.05) is 61.3 Å². The van der Waals surface area contributed by atoms with E-state index in [9.17, 15) is 9.90 Å². The smallest absolute Gasteiger partial charge is 0.272 e. The van der Waals surface area contributed by atoms with Crippen molar-refractivity contribution in [2.24, 2.45) is 5.10 Å². The molecule has 0 bridgehead atoms. The van der Waals surface area contributed by atoms with E-state index in [0.29, 0.717) is 35.3 Å². The van der Waals surface area contributed by atoms with Gasteiger partial charge in [0.05, 0.1) is 31.0 Å². The summed E-state index contributed by atoms with van der Waals surface area (Å²) in [4.78, 5) is 12.4. The van der Waals surface area contributed by atoms with Gasteiger partial charge in [0, 0.05) is 5.56 Å². The quantitative estimate of drug-likeness (QED) is 0.261. The molecular formula is C26H26Cl2N2O5. The van der Waals surface area contributed by atoms with Gasteiger partial charge in [-0.25, -0.2) is 5.43 Å². The maximum absolute atomic E-state index is 12.4. The number of methoxy groups -OCH3 is 2. The number of phenolic OH excluding ortho intramolecular Hbond substituents is 1. The van der Waals surface area contributed by atoms with Crippen molar-refractivity contribution in [3.8, 4) is 23.0 Å². The number of phenols is 1. The van der Waals surface area contributed by atoms with Crippen molar-refractivity contribution in [2.75, 3.05) is 14.2 Å². The number of rotatable bonds is 9. The minimum Gasteiger partial charge on any atom is -0.506 e. The zero-order chi connectivity index (χ0) is 25.5. The van der Waals surface area contributed by atoms with Crippen molar-refractivity contribution in [1.29, 1.82) is 0 Å².